The van der Waals surface area contributed by atoms with Crippen molar-refractivity contribution >= 4 is 35.8 Å². The minimum absolute atomic E-state index is 0.770. The second kappa shape index (κ2) is 7.95. The van der Waals surface area contributed by atoms with Gasteiger partial charge < -0.3 is 29.5 Å². The summed E-state index contributed by atoms with van der Waals surface area (Å²) >= 11 is 0. The number of aromatic carboxylic acids is 3. The van der Waals surface area contributed by atoms with Crippen LogP contribution in [0, 0.1) is 0 Å². The molecule has 0 fully saturated rings. The van der Waals surface area contributed by atoms with Crippen molar-refractivity contribution in [2.45, 2.75) is 0 Å². The van der Waals surface area contributed by atoms with Gasteiger partial charge in [0.1, 0.15) is 0 Å². The second-order valence-electron chi connectivity index (χ2n) is 4.64. The number of hydrogen-bond acceptors (Lipinski definition) is 9. The van der Waals surface area contributed by atoms with Gasteiger partial charge in [-0.25, -0.2) is 28.8 Å². The van der Waals surface area contributed by atoms with Crippen LogP contribution in [0.25, 0.3) is 0 Å². The van der Waals surface area contributed by atoms with Crippen molar-refractivity contribution in [3.63, 3.8) is 0 Å². The molecule has 0 atom stereocenters. The van der Waals surface area contributed by atoms with Crippen molar-refractivity contribution < 1.29 is 58.3 Å². The summed E-state index contributed by atoms with van der Waals surface area (Å²) < 4.78 is 13.0. The molecular formula is C15H12O12. The second-order valence-corrected chi connectivity index (χ2v) is 4.64. The lowest BCUT2D eigenvalue weighted by atomic mass is 9.86. The third-order valence-electron chi connectivity index (χ3n) is 3.31. The molecular weight excluding hydrogens is 372 g/mol. The number of carboxylic acid groups (broad SMARTS) is 3. The molecule has 0 unspecified atom stereocenters. The fourth-order valence-corrected chi connectivity index (χ4v) is 2.31. The first-order valence-corrected chi connectivity index (χ1v) is 6.73. The number of methoxy groups -OCH3 is 3. The highest BCUT2D eigenvalue weighted by atomic mass is 16.5. The molecule has 0 amide bonds. The molecule has 27 heavy (non-hydrogen) atoms. The van der Waals surface area contributed by atoms with Gasteiger partial charge in [-0.1, -0.05) is 0 Å². The largest absolute Gasteiger partial charge is 0.478 e. The monoisotopic (exact) mass is 384 g/mol. The first-order valence-electron chi connectivity index (χ1n) is 6.73. The molecule has 1 aromatic carbocycles. The average Bonchev–Trinajstić information content (AvgIpc) is 2.62. The Balaban J connectivity index is 4.52. The quantitative estimate of drug-likeness (QED) is 0.444. The van der Waals surface area contributed by atoms with Crippen molar-refractivity contribution in [1.82, 2.24) is 0 Å². The molecule has 0 radical (unpaired) electrons. The summed E-state index contributed by atoms with van der Waals surface area (Å²) in [6.07, 6.45) is 0. The van der Waals surface area contributed by atoms with E-state index in [2.05, 4.69) is 14.2 Å². The molecule has 0 spiro atoms. The number of ether oxygens (including phenoxy) is 3. The topological polar surface area (TPSA) is 191 Å². The van der Waals surface area contributed by atoms with Crippen molar-refractivity contribution in [2.24, 2.45) is 0 Å². The van der Waals surface area contributed by atoms with Crippen LogP contribution in [-0.2, 0) is 14.2 Å². The van der Waals surface area contributed by atoms with Crippen LogP contribution in [0.5, 0.6) is 0 Å². The van der Waals surface area contributed by atoms with Crippen LogP contribution < -0.4 is 0 Å². The Morgan fingerprint density at radius 2 is 0.667 bits per heavy atom. The molecule has 0 aliphatic rings. The normalized spacial score (nSPS) is 9.89. The van der Waals surface area contributed by atoms with E-state index in [0.29, 0.717) is 0 Å². The first kappa shape index (κ1) is 21.1. The van der Waals surface area contributed by atoms with Crippen molar-refractivity contribution in [2.75, 3.05) is 21.3 Å². The predicted octanol–water partition coefficient (Wildman–Crippen LogP) is 0.141. The van der Waals surface area contributed by atoms with E-state index in [-0.39, 0.29) is 0 Å². The van der Waals surface area contributed by atoms with E-state index in [1.807, 2.05) is 0 Å². The molecule has 144 valence electrons. The summed E-state index contributed by atoms with van der Waals surface area (Å²) in [5.41, 5.74) is -7.58. The smallest absolute Gasteiger partial charge is 0.339 e. The van der Waals surface area contributed by atoms with Crippen molar-refractivity contribution in [3.05, 3.63) is 33.4 Å². The molecule has 0 saturated carbocycles. The zero-order valence-corrected chi connectivity index (χ0v) is 14.0. The SMILES string of the molecule is COC(=O)c1c(C(=O)O)c(C(=O)O)c(C(=O)OC)c(C(=O)OC)c1C(=O)O. The number of benzene rings is 1. The van der Waals surface area contributed by atoms with Crippen LogP contribution in [0.4, 0.5) is 0 Å². The Labute approximate surface area is 149 Å². The van der Waals surface area contributed by atoms with Gasteiger partial charge in [-0.2, -0.15) is 0 Å². The van der Waals surface area contributed by atoms with Gasteiger partial charge in [0.05, 0.1) is 54.7 Å². The summed E-state index contributed by atoms with van der Waals surface area (Å²) in [7, 11) is 2.34. The van der Waals surface area contributed by atoms with Crippen LogP contribution in [0.1, 0.15) is 62.1 Å². The number of carbonyl (C=O) groups is 6. The van der Waals surface area contributed by atoms with Gasteiger partial charge in [0.2, 0.25) is 0 Å². The lowest BCUT2D eigenvalue weighted by Crippen LogP contribution is -2.29. The van der Waals surface area contributed by atoms with Crippen LogP contribution in [0.3, 0.4) is 0 Å². The van der Waals surface area contributed by atoms with Gasteiger partial charge in [0, 0.05) is 0 Å². The fraction of sp³-hybridized carbons (Fsp3) is 0.200. The Bertz CT molecular complexity index is 880. The van der Waals surface area contributed by atoms with Gasteiger partial charge in [0.15, 0.2) is 0 Å². The highest BCUT2D eigenvalue weighted by Crippen LogP contribution is 2.31. The summed E-state index contributed by atoms with van der Waals surface area (Å²) in [5.74, 6) is -10.7. The van der Waals surface area contributed by atoms with Crippen LogP contribution >= 0.6 is 0 Å². The van der Waals surface area contributed by atoms with E-state index >= 15 is 0 Å². The average molecular weight is 384 g/mol. The number of esters is 3. The minimum Gasteiger partial charge on any atom is -0.478 e. The Hall–Kier alpha value is -3.96. The maximum absolute atomic E-state index is 12.1. The molecule has 12 heteroatoms. The molecule has 12 nitrogen and oxygen atoms in total. The van der Waals surface area contributed by atoms with E-state index in [1.54, 1.807) is 0 Å². The van der Waals surface area contributed by atoms with Gasteiger partial charge in [-0.3, -0.25) is 0 Å². The maximum Gasteiger partial charge on any atom is 0.339 e. The summed E-state index contributed by atoms with van der Waals surface area (Å²) in [4.78, 5) is 71.2. The molecule has 0 aliphatic carbocycles. The highest BCUT2D eigenvalue weighted by molar-refractivity contribution is 6.23. The van der Waals surface area contributed by atoms with Crippen LogP contribution in [-0.4, -0.2) is 72.5 Å². The molecule has 0 bridgehead atoms. The zero-order chi connectivity index (χ0) is 21.0. The van der Waals surface area contributed by atoms with Crippen molar-refractivity contribution in [3.8, 4) is 0 Å². The predicted molar refractivity (Wildman–Crippen MR) is 81.3 cm³/mol. The maximum atomic E-state index is 12.1. The molecule has 0 saturated heterocycles. The van der Waals surface area contributed by atoms with Crippen LogP contribution in [0.2, 0.25) is 0 Å². The number of carbonyl (C=O) groups excluding carboxylic acids is 3. The lowest BCUT2D eigenvalue weighted by molar-refractivity contribution is 0.0525. The molecule has 0 aromatic heterocycles. The standard InChI is InChI=1S/C15H12O12/c1-25-13(22)7-4(10(16)17)5(11(18)19)8(14(23)26-2)9(15(24)27-3)6(7)12(20)21/h1-3H3,(H,16,17)(H,18,19)(H,20,21). The number of hydrogen-bond donors (Lipinski definition) is 3. The van der Waals surface area contributed by atoms with E-state index in [0.717, 1.165) is 21.3 Å². The third kappa shape index (κ3) is 3.53. The van der Waals surface area contributed by atoms with Crippen LogP contribution in [0.15, 0.2) is 0 Å². The number of carboxylic acids is 3. The highest BCUT2D eigenvalue weighted by Gasteiger charge is 2.41. The van der Waals surface area contributed by atoms with Gasteiger partial charge in [0.25, 0.3) is 0 Å². The molecule has 1 aromatic rings. The Kier molecular flexibility index (Phi) is 6.21. The minimum atomic E-state index is -2.06. The summed E-state index contributed by atoms with van der Waals surface area (Å²) in [6, 6.07) is 0. The van der Waals surface area contributed by atoms with E-state index in [1.165, 1.54) is 0 Å². The molecule has 1 rings (SSSR count). The van der Waals surface area contributed by atoms with Gasteiger partial charge in [-0.05, 0) is 0 Å². The van der Waals surface area contributed by atoms with E-state index < -0.39 is 69.2 Å². The molecule has 3 N–H and O–H groups in total. The van der Waals surface area contributed by atoms with Gasteiger partial charge in [-0.15, -0.1) is 0 Å². The lowest BCUT2D eigenvalue weighted by Gasteiger charge is -2.18. The Morgan fingerprint density at radius 1 is 0.481 bits per heavy atom. The van der Waals surface area contributed by atoms with E-state index in [9.17, 15) is 44.1 Å². The zero-order valence-electron chi connectivity index (χ0n) is 14.0. The molecule has 0 heterocycles. The fourth-order valence-electron chi connectivity index (χ4n) is 2.31. The first-order chi connectivity index (χ1) is 12.5. The summed E-state index contributed by atoms with van der Waals surface area (Å²) in [6.45, 7) is 0. The van der Waals surface area contributed by atoms with Crippen molar-refractivity contribution in [1.29, 1.82) is 0 Å². The third-order valence-corrected chi connectivity index (χ3v) is 3.31. The van der Waals surface area contributed by atoms with E-state index in [4.69, 9.17) is 0 Å². The Morgan fingerprint density at radius 3 is 0.852 bits per heavy atom. The number of rotatable bonds is 6. The van der Waals surface area contributed by atoms with Gasteiger partial charge >= 0.3 is 35.8 Å². The summed E-state index contributed by atoms with van der Waals surface area (Å²) in [5, 5.41) is 28.2. The molecule has 0 aliphatic heterocycles.